The van der Waals surface area contributed by atoms with Gasteiger partial charge >= 0.3 is 0 Å². The molecule has 1 aliphatic rings. The number of hydrogen-bond acceptors (Lipinski definition) is 2. The quantitative estimate of drug-likeness (QED) is 0.785. The molecule has 1 aromatic rings. The molecule has 0 radical (unpaired) electrons. The summed E-state index contributed by atoms with van der Waals surface area (Å²) in [5.41, 5.74) is -0.0564. The van der Waals surface area contributed by atoms with Crippen LogP contribution in [-0.2, 0) is 9.59 Å². The van der Waals surface area contributed by atoms with Crippen LogP contribution < -0.4 is 10.2 Å². The minimum absolute atomic E-state index is 0.0534. The molecule has 0 aliphatic carbocycles. The Kier molecular flexibility index (Phi) is 4.59. The van der Waals surface area contributed by atoms with Crippen molar-refractivity contribution in [3.05, 3.63) is 26.8 Å². The van der Waals surface area contributed by atoms with Crippen LogP contribution in [0.25, 0.3) is 0 Å². The van der Waals surface area contributed by atoms with E-state index < -0.39 is 5.54 Å². The van der Waals surface area contributed by atoms with E-state index in [0.717, 1.165) is 9.26 Å². The first-order valence-electron chi connectivity index (χ1n) is 6.51. The normalized spacial score (nSPS) is 18.1. The first kappa shape index (κ1) is 15.6. The summed E-state index contributed by atoms with van der Waals surface area (Å²) < 4.78 is 0.860. The van der Waals surface area contributed by atoms with E-state index in [1.807, 2.05) is 13.8 Å². The Morgan fingerprint density at radius 3 is 2.55 bits per heavy atom. The van der Waals surface area contributed by atoms with Crippen LogP contribution in [0.3, 0.4) is 0 Å². The number of piperazine rings is 1. The van der Waals surface area contributed by atoms with E-state index in [4.69, 9.17) is 11.6 Å². The maximum atomic E-state index is 12.8. The molecule has 2 rings (SSSR count). The van der Waals surface area contributed by atoms with Crippen LogP contribution in [0.2, 0.25) is 5.02 Å². The van der Waals surface area contributed by atoms with Crippen molar-refractivity contribution in [1.82, 2.24) is 5.32 Å². The van der Waals surface area contributed by atoms with Crippen LogP contribution in [-0.4, -0.2) is 23.9 Å². The first-order valence-corrected chi connectivity index (χ1v) is 7.97. The molecule has 1 aliphatic heterocycles. The Hall–Kier alpha value is -0.820. The number of benzene rings is 1. The Balaban J connectivity index is 2.45. The molecule has 1 aromatic carbocycles. The molecular weight excluding hydrogens is 391 g/mol. The highest BCUT2D eigenvalue weighted by atomic mass is 127. The zero-order valence-electron chi connectivity index (χ0n) is 11.4. The molecule has 0 atom stereocenters. The molecule has 1 heterocycles. The van der Waals surface area contributed by atoms with Crippen molar-refractivity contribution in [2.45, 2.75) is 32.2 Å². The molecule has 1 N–H and O–H groups in total. The molecule has 2 amide bonds. The lowest BCUT2D eigenvalue weighted by molar-refractivity contribution is -0.136. The predicted octanol–water partition coefficient (Wildman–Crippen LogP) is 2.97. The molecule has 108 valence electrons. The van der Waals surface area contributed by atoms with Gasteiger partial charge in [-0.15, -0.1) is 0 Å². The second-order valence-electron chi connectivity index (χ2n) is 4.82. The molecule has 6 heteroatoms. The number of nitrogens with zero attached hydrogens (tertiary/aromatic N) is 1. The van der Waals surface area contributed by atoms with E-state index in [1.54, 1.807) is 23.1 Å². The van der Waals surface area contributed by atoms with Crippen LogP contribution in [0.4, 0.5) is 5.69 Å². The SMILES string of the molecule is CCC1(CC)NC(=O)CN(c2ccc(Cl)cc2I)C1=O. The van der Waals surface area contributed by atoms with E-state index in [1.165, 1.54) is 0 Å². The number of rotatable bonds is 3. The number of anilines is 1. The van der Waals surface area contributed by atoms with E-state index in [2.05, 4.69) is 27.9 Å². The van der Waals surface area contributed by atoms with Crippen molar-refractivity contribution in [3.63, 3.8) is 0 Å². The van der Waals surface area contributed by atoms with Crippen molar-refractivity contribution >= 4 is 51.7 Å². The summed E-state index contributed by atoms with van der Waals surface area (Å²) in [6, 6.07) is 5.31. The largest absolute Gasteiger partial charge is 0.340 e. The summed E-state index contributed by atoms with van der Waals surface area (Å²) in [5, 5.41) is 3.47. The lowest BCUT2D eigenvalue weighted by Gasteiger charge is -2.41. The van der Waals surface area contributed by atoms with E-state index in [-0.39, 0.29) is 18.4 Å². The van der Waals surface area contributed by atoms with Crippen LogP contribution >= 0.6 is 34.2 Å². The summed E-state index contributed by atoms with van der Waals surface area (Å²) in [7, 11) is 0. The van der Waals surface area contributed by atoms with Crippen molar-refractivity contribution < 1.29 is 9.59 Å². The lowest BCUT2D eigenvalue weighted by Crippen LogP contribution is -2.66. The number of hydrogen-bond donors (Lipinski definition) is 1. The fourth-order valence-electron chi connectivity index (χ4n) is 2.46. The first-order chi connectivity index (χ1) is 9.43. The Morgan fingerprint density at radius 2 is 2.00 bits per heavy atom. The Morgan fingerprint density at radius 1 is 1.35 bits per heavy atom. The molecule has 20 heavy (non-hydrogen) atoms. The topological polar surface area (TPSA) is 49.4 Å². The number of carbonyl (C=O) groups is 2. The highest BCUT2D eigenvalue weighted by Crippen LogP contribution is 2.31. The van der Waals surface area contributed by atoms with Gasteiger partial charge in [0.1, 0.15) is 12.1 Å². The summed E-state index contributed by atoms with van der Waals surface area (Å²) in [6.07, 6.45) is 1.16. The third-order valence-electron chi connectivity index (χ3n) is 3.74. The number of nitrogens with one attached hydrogen (secondary N) is 1. The van der Waals surface area contributed by atoms with Gasteiger partial charge in [-0.3, -0.25) is 14.5 Å². The van der Waals surface area contributed by atoms with Gasteiger partial charge in [-0.05, 0) is 53.6 Å². The highest BCUT2D eigenvalue weighted by Gasteiger charge is 2.44. The average Bonchev–Trinajstić information content (AvgIpc) is 2.41. The van der Waals surface area contributed by atoms with Crippen LogP contribution in [0.5, 0.6) is 0 Å². The van der Waals surface area contributed by atoms with Gasteiger partial charge in [0.05, 0.1) is 5.69 Å². The summed E-state index contributed by atoms with van der Waals surface area (Å²) >= 11 is 8.08. The molecule has 0 saturated carbocycles. The van der Waals surface area contributed by atoms with Gasteiger partial charge in [0.15, 0.2) is 0 Å². The highest BCUT2D eigenvalue weighted by molar-refractivity contribution is 14.1. The van der Waals surface area contributed by atoms with Crippen molar-refractivity contribution in [1.29, 1.82) is 0 Å². The third kappa shape index (κ3) is 2.65. The predicted molar refractivity (Wildman–Crippen MR) is 88.0 cm³/mol. The standard InChI is InChI=1S/C14H16ClIN2O2/c1-3-14(4-2)13(20)18(8-12(19)17-14)11-6-5-9(15)7-10(11)16/h5-7H,3-4,8H2,1-2H3,(H,17,19). The molecule has 1 fully saturated rings. The van der Waals surface area contributed by atoms with Crippen molar-refractivity contribution in [3.8, 4) is 0 Å². The van der Waals surface area contributed by atoms with Gasteiger partial charge in [0.25, 0.3) is 5.91 Å². The number of amides is 2. The fraction of sp³-hybridized carbons (Fsp3) is 0.429. The molecule has 4 nitrogen and oxygen atoms in total. The Labute approximate surface area is 137 Å². The lowest BCUT2D eigenvalue weighted by atomic mass is 9.88. The van der Waals surface area contributed by atoms with Gasteiger partial charge < -0.3 is 5.32 Å². The van der Waals surface area contributed by atoms with E-state index >= 15 is 0 Å². The molecule has 0 bridgehead atoms. The van der Waals surface area contributed by atoms with Crippen LogP contribution in [0.1, 0.15) is 26.7 Å². The minimum Gasteiger partial charge on any atom is -0.340 e. The second-order valence-corrected chi connectivity index (χ2v) is 6.42. The minimum atomic E-state index is -0.794. The maximum absolute atomic E-state index is 12.8. The maximum Gasteiger partial charge on any atom is 0.253 e. The zero-order valence-corrected chi connectivity index (χ0v) is 14.3. The molecular formula is C14H16ClIN2O2. The number of halogens is 2. The monoisotopic (exact) mass is 406 g/mol. The van der Waals surface area contributed by atoms with E-state index in [9.17, 15) is 9.59 Å². The molecule has 0 unspecified atom stereocenters. The summed E-state index contributed by atoms with van der Waals surface area (Å²) in [5.74, 6) is -0.179. The molecule has 0 spiro atoms. The van der Waals surface area contributed by atoms with Crippen LogP contribution in [0, 0.1) is 3.57 Å². The second kappa shape index (κ2) is 5.89. The summed E-state index contributed by atoms with van der Waals surface area (Å²) in [6.45, 7) is 3.88. The fourth-order valence-corrected chi connectivity index (χ4v) is 3.62. The number of carbonyl (C=O) groups excluding carboxylic acids is 2. The van der Waals surface area contributed by atoms with Crippen molar-refractivity contribution in [2.75, 3.05) is 11.4 Å². The Bertz CT molecular complexity index is 558. The van der Waals surface area contributed by atoms with E-state index in [0.29, 0.717) is 17.9 Å². The zero-order chi connectivity index (χ0) is 14.9. The van der Waals surface area contributed by atoms with Gasteiger partial charge in [-0.1, -0.05) is 25.4 Å². The molecule has 1 saturated heterocycles. The average molecular weight is 407 g/mol. The van der Waals surface area contributed by atoms with Gasteiger partial charge in [-0.25, -0.2) is 0 Å². The van der Waals surface area contributed by atoms with Gasteiger partial charge in [0.2, 0.25) is 5.91 Å². The third-order valence-corrected chi connectivity index (χ3v) is 4.84. The smallest absolute Gasteiger partial charge is 0.253 e. The van der Waals surface area contributed by atoms with Crippen LogP contribution in [0.15, 0.2) is 18.2 Å². The van der Waals surface area contributed by atoms with Gasteiger partial charge in [0, 0.05) is 8.59 Å². The summed E-state index contributed by atoms with van der Waals surface area (Å²) in [4.78, 5) is 26.3. The van der Waals surface area contributed by atoms with Gasteiger partial charge in [-0.2, -0.15) is 0 Å². The van der Waals surface area contributed by atoms with Crippen molar-refractivity contribution in [2.24, 2.45) is 0 Å². The molecule has 0 aromatic heterocycles.